The molecule has 398 valence electrons. The highest BCUT2D eigenvalue weighted by Crippen LogP contribution is 2.43. The van der Waals surface area contributed by atoms with Gasteiger partial charge >= 0.3 is 0 Å². The molecule has 4 aromatic rings. The van der Waals surface area contributed by atoms with Gasteiger partial charge in [0.05, 0.1) is 73.6 Å². The number of nitrogens with one attached hydrogen (secondary N) is 2. The van der Waals surface area contributed by atoms with E-state index < -0.39 is 6.04 Å². The summed E-state index contributed by atoms with van der Waals surface area (Å²) in [6.45, 7) is 32.8. The molecule has 4 N–H and O–H groups in total. The van der Waals surface area contributed by atoms with Crippen molar-refractivity contribution >= 4 is 34.4 Å². The monoisotopic (exact) mass is 993 g/mol. The number of benzene rings is 1. The molecule has 3 atom stereocenters. The highest BCUT2D eigenvalue weighted by Gasteiger charge is 2.33. The number of ketones is 1. The van der Waals surface area contributed by atoms with Crippen LogP contribution in [0.15, 0.2) is 61.5 Å². The fourth-order valence-electron chi connectivity index (χ4n) is 9.46. The molecule has 72 heavy (non-hydrogen) atoms. The first-order valence-electron chi connectivity index (χ1n) is 27.1. The molecule has 0 spiro atoms. The summed E-state index contributed by atoms with van der Waals surface area (Å²) in [6, 6.07) is 13.3. The number of Topliss-reactive ketones (excluding diaryl/α,β-unsaturated/α-hetero) is 1. The fraction of sp³-hybridized carbons (Fsp3) is 0.593. The molecule has 1 amide bonds. The minimum absolute atomic E-state index is 0.00719. The van der Waals surface area contributed by atoms with Crippen LogP contribution in [0.5, 0.6) is 0 Å². The molecule has 5 heterocycles. The Morgan fingerprint density at radius 1 is 1.03 bits per heavy atom. The fourth-order valence-corrected chi connectivity index (χ4v) is 9.46. The maximum absolute atomic E-state index is 13.9. The number of ether oxygens (including phenoxy) is 3. The van der Waals surface area contributed by atoms with Gasteiger partial charge < -0.3 is 29.0 Å². The number of nitrogens with two attached hydrogens (primary N) is 1. The third kappa shape index (κ3) is 16.0. The Bertz CT molecular complexity index is 2340. The molecule has 2 fully saturated rings. The number of aromatic nitrogens is 3. The van der Waals surface area contributed by atoms with Crippen LogP contribution in [0, 0.1) is 17.3 Å². The molecule has 3 aliphatic rings. The number of anilines is 1. The molecule has 1 saturated heterocycles. The van der Waals surface area contributed by atoms with Crippen molar-refractivity contribution in [2.24, 2.45) is 23.1 Å². The normalized spacial score (nSPS) is 18.4. The molecule has 0 radical (unpaired) electrons. The minimum Gasteiger partial charge on any atom is -0.505 e. The van der Waals surface area contributed by atoms with Crippen LogP contribution in [0.25, 0.3) is 39.5 Å². The van der Waals surface area contributed by atoms with E-state index in [0.29, 0.717) is 26.0 Å². The Labute approximate surface area is 433 Å². The van der Waals surface area contributed by atoms with Gasteiger partial charge in [-0.15, -0.1) is 0 Å². The van der Waals surface area contributed by atoms with Crippen molar-refractivity contribution in [2.75, 3.05) is 65.1 Å². The molecule has 3 aromatic heterocycles. The first-order valence-corrected chi connectivity index (χ1v) is 27.1. The van der Waals surface area contributed by atoms with Crippen molar-refractivity contribution < 1.29 is 23.8 Å². The number of carbonyl (C=O) groups excluding carboxylic acids is 2. The molecular formula is C59H92N8O5. The predicted octanol–water partition coefficient (Wildman–Crippen LogP) is 11.1. The zero-order chi connectivity index (χ0) is 53.0. The number of hydrogen-bond donors (Lipinski definition) is 3. The third-order valence-corrected chi connectivity index (χ3v) is 14.2. The van der Waals surface area contributed by atoms with E-state index in [-0.39, 0.29) is 48.1 Å². The van der Waals surface area contributed by atoms with Gasteiger partial charge in [-0.05, 0) is 98.7 Å². The van der Waals surface area contributed by atoms with Gasteiger partial charge in [0.25, 0.3) is 0 Å². The van der Waals surface area contributed by atoms with E-state index in [2.05, 4.69) is 114 Å². The molecule has 1 saturated carbocycles. The van der Waals surface area contributed by atoms with Crippen LogP contribution in [0.2, 0.25) is 0 Å². The molecular weight excluding hydrogens is 901 g/mol. The van der Waals surface area contributed by atoms with E-state index in [1.807, 2.05) is 53.7 Å². The number of hydrazine groups is 1. The maximum Gasteiger partial charge on any atom is 0.226 e. The van der Waals surface area contributed by atoms with Gasteiger partial charge in [0, 0.05) is 93.0 Å². The first-order chi connectivity index (χ1) is 34.8. The smallest absolute Gasteiger partial charge is 0.226 e. The van der Waals surface area contributed by atoms with Gasteiger partial charge in [0.1, 0.15) is 0 Å². The van der Waals surface area contributed by atoms with Crippen LogP contribution in [0.4, 0.5) is 5.69 Å². The summed E-state index contributed by atoms with van der Waals surface area (Å²) in [7, 11) is 3.33. The van der Waals surface area contributed by atoms with Crippen LogP contribution in [0.1, 0.15) is 143 Å². The van der Waals surface area contributed by atoms with Gasteiger partial charge in [0.2, 0.25) is 5.91 Å². The van der Waals surface area contributed by atoms with Gasteiger partial charge in [-0.1, -0.05) is 93.5 Å². The summed E-state index contributed by atoms with van der Waals surface area (Å²) in [5.41, 5.74) is 13.1. The number of pyridine rings is 2. The van der Waals surface area contributed by atoms with Crippen molar-refractivity contribution in [1.82, 2.24) is 30.2 Å². The van der Waals surface area contributed by atoms with Gasteiger partial charge in [-0.3, -0.25) is 35.7 Å². The van der Waals surface area contributed by atoms with E-state index in [0.717, 1.165) is 97.5 Å². The largest absolute Gasteiger partial charge is 0.505 e. The van der Waals surface area contributed by atoms with Crippen LogP contribution < -0.4 is 21.5 Å². The van der Waals surface area contributed by atoms with E-state index in [1.165, 1.54) is 41.3 Å². The van der Waals surface area contributed by atoms with E-state index in [9.17, 15) is 9.59 Å². The lowest BCUT2D eigenvalue weighted by Crippen LogP contribution is -2.47. The SMILES string of the molecule is C=COC.CC.CC.CCn1c(-c2cc(N3CCN(C4CC4)CC3)cnc2C(C)OC)c(CC(C)(C)CC)c2cc(-c3cc4cc(n3)CC(C(=O)CCCCNN)NC(=O)[C@H](C(C)C)COC/C=C\4)ccc21. The van der Waals surface area contributed by atoms with Crippen molar-refractivity contribution in [3.63, 3.8) is 0 Å². The van der Waals surface area contributed by atoms with Gasteiger partial charge in [-0.2, -0.15) is 0 Å². The number of aryl methyl sites for hydroxylation is 1. The molecule has 7 rings (SSSR count). The third-order valence-electron chi connectivity index (χ3n) is 14.2. The summed E-state index contributed by atoms with van der Waals surface area (Å²) in [6.07, 6.45) is 13.9. The number of rotatable bonds is 18. The number of methoxy groups -OCH3 is 2. The summed E-state index contributed by atoms with van der Waals surface area (Å²) >= 11 is 0. The van der Waals surface area contributed by atoms with Crippen molar-refractivity contribution in [3.8, 4) is 22.5 Å². The number of fused-ring (bicyclic) bond motifs is 3. The lowest BCUT2D eigenvalue weighted by Gasteiger charge is -2.36. The van der Waals surface area contributed by atoms with Crippen LogP contribution >= 0.6 is 0 Å². The second-order valence-electron chi connectivity index (χ2n) is 19.9. The minimum atomic E-state index is -0.721. The summed E-state index contributed by atoms with van der Waals surface area (Å²) in [4.78, 5) is 43.3. The highest BCUT2D eigenvalue weighted by atomic mass is 16.5. The molecule has 13 nitrogen and oxygen atoms in total. The predicted molar refractivity (Wildman–Crippen MR) is 299 cm³/mol. The van der Waals surface area contributed by atoms with Crippen LogP contribution in [-0.2, 0) is 43.2 Å². The zero-order valence-corrected chi connectivity index (χ0v) is 46.5. The van der Waals surface area contributed by atoms with Crippen molar-refractivity contribution in [3.05, 3.63) is 84.0 Å². The quantitative estimate of drug-likeness (QED) is 0.0378. The average molecular weight is 993 g/mol. The molecule has 1 aliphatic carbocycles. The van der Waals surface area contributed by atoms with E-state index >= 15 is 0 Å². The van der Waals surface area contributed by atoms with Crippen LogP contribution in [-0.4, -0.2) is 103 Å². The number of hydrogen-bond acceptors (Lipinski definition) is 11. The Balaban J connectivity index is 0.00000132. The number of nitrogens with zero attached hydrogens (tertiary/aromatic N) is 5. The number of amides is 1. The Kier molecular flexibility index (Phi) is 24.6. The summed E-state index contributed by atoms with van der Waals surface area (Å²) in [5, 5.41) is 4.34. The lowest BCUT2D eigenvalue weighted by atomic mass is 9.81. The highest BCUT2D eigenvalue weighted by molar-refractivity contribution is 5.95. The number of piperazine rings is 1. The Morgan fingerprint density at radius 3 is 2.35 bits per heavy atom. The zero-order valence-electron chi connectivity index (χ0n) is 46.5. The molecule has 13 heteroatoms. The average Bonchev–Trinajstić information content (AvgIpc) is 4.21. The summed E-state index contributed by atoms with van der Waals surface area (Å²) in [5.74, 6) is 4.99. The topological polar surface area (TPSA) is 149 Å². The maximum atomic E-state index is 13.9. The second-order valence-corrected chi connectivity index (χ2v) is 19.9. The van der Waals surface area contributed by atoms with Gasteiger partial charge in [0.15, 0.2) is 5.78 Å². The lowest BCUT2D eigenvalue weighted by molar-refractivity contribution is -0.132. The van der Waals surface area contributed by atoms with Gasteiger partial charge in [-0.25, -0.2) is 0 Å². The van der Waals surface area contributed by atoms with E-state index in [1.54, 1.807) is 14.2 Å². The molecule has 2 aliphatic heterocycles. The Hall–Kier alpha value is -4.92. The molecule has 2 bridgehead atoms. The van der Waals surface area contributed by atoms with E-state index in [4.69, 9.17) is 25.3 Å². The van der Waals surface area contributed by atoms with Crippen molar-refractivity contribution in [2.45, 2.75) is 152 Å². The first kappa shape index (κ1) is 59.6. The van der Waals surface area contributed by atoms with Crippen molar-refractivity contribution in [1.29, 1.82) is 0 Å². The van der Waals surface area contributed by atoms with Crippen LogP contribution in [0.3, 0.4) is 0 Å². The molecule has 2 unspecified atom stereocenters. The Morgan fingerprint density at radius 2 is 1.74 bits per heavy atom. The number of carbonyl (C=O) groups is 2. The standard InChI is InChI=1S/C52H74N8O4.C3H6O.2C2H6/c1-9-52(6,7)31-43-41-28-37(45-27-36-14-13-25-64-33-44(34(3)4)51(62)57-46(29-38(26-36)56-45)48(61)15-11-12-20-55-53)16-19-47(41)60(10-2)50(43)42-30-40(32-54-49(42)35(5)63-8)59-23-21-58(22-24-59)39-17-18-39;1-3-4-2;2*1-2/h13-14,16,19,26-28,30,32,34-35,39,44,46,55H,9-12,15,17-18,20-25,29,31,33,53H2,1-8H3,(H,57,62);3H,1H2,2H3;2*1-2H3/b14-13-;;;/t35?,44-,46?;;;/m0.../s1. The second kappa shape index (κ2) is 29.7. The summed E-state index contributed by atoms with van der Waals surface area (Å²) < 4.78 is 18.8. The molecule has 1 aromatic carbocycles. The number of unbranched alkanes of at least 4 members (excludes halogenated alkanes) is 1.